The van der Waals surface area contributed by atoms with Crippen molar-refractivity contribution in [1.29, 1.82) is 0 Å². The SMILES string of the molecule is CCC(NCC1(CO)CCCCC1)c1ccc(OC)cc1. The van der Waals surface area contributed by atoms with Crippen molar-refractivity contribution >= 4 is 0 Å². The lowest BCUT2D eigenvalue weighted by molar-refractivity contribution is 0.0781. The lowest BCUT2D eigenvalue weighted by atomic mass is 9.74. The van der Waals surface area contributed by atoms with Gasteiger partial charge in [0.2, 0.25) is 0 Å². The molecule has 3 heteroatoms. The fraction of sp³-hybridized carbons (Fsp3) is 0.667. The molecular formula is C18H29NO2. The van der Waals surface area contributed by atoms with Gasteiger partial charge in [0, 0.05) is 24.6 Å². The second-order valence-corrected chi connectivity index (χ2v) is 6.33. The Morgan fingerprint density at radius 2 is 1.86 bits per heavy atom. The highest BCUT2D eigenvalue weighted by Crippen LogP contribution is 2.36. The van der Waals surface area contributed by atoms with Crippen LogP contribution < -0.4 is 10.1 Å². The predicted octanol–water partition coefficient (Wildman–Crippen LogP) is 3.68. The van der Waals surface area contributed by atoms with Crippen LogP contribution in [0.25, 0.3) is 0 Å². The fourth-order valence-electron chi connectivity index (χ4n) is 3.37. The molecule has 1 fully saturated rings. The zero-order chi connectivity index (χ0) is 15.1. The Bertz CT molecular complexity index is 410. The first kappa shape index (κ1) is 16.3. The normalized spacial score (nSPS) is 19.2. The molecule has 3 nitrogen and oxygen atoms in total. The van der Waals surface area contributed by atoms with Crippen molar-refractivity contribution in [3.63, 3.8) is 0 Å². The van der Waals surface area contributed by atoms with Gasteiger partial charge in [-0.2, -0.15) is 0 Å². The van der Waals surface area contributed by atoms with E-state index in [-0.39, 0.29) is 5.41 Å². The third kappa shape index (κ3) is 4.21. The number of rotatable bonds is 7. The van der Waals surface area contributed by atoms with E-state index >= 15 is 0 Å². The summed E-state index contributed by atoms with van der Waals surface area (Å²) in [5.74, 6) is 0.896. The van der Waals surface area contributed by atoms with Crippen molar-refractivity contribution in [2.45, 2.75) is 51.5 Å². The van der Waals surface area contributed by atoms with Crippen molar-refractivity contribution < 1.29 is 9.84 Å². The van der Waals surface area contributed by atoms with Gasteiger partial charge in [0.15, 0.2) is 0 Å². The van der Waals surface area contributed by atoms with Crippen molar-refractivity contribution in [3.8, 4) is 5.75 Å². The molecule has 0 heterocycles. The van der Waals surface area contributed by atoms with Gasteiger partial charge in [-0.25, -0.2) is 0 Å². The summed E-state index contributed by atoms with van der Waals surface area (Å²) >= 11 is 0. The maximum absolute atomic E-state index is 9.81. The molecule has 2 rings (SSSR count). The minimum atomic E-state index is 0.0954. The average molecular weight is 291 g/mol. The first-order valence-corrected chi connectivity index (χ1v) is 8.21. The summed E-state index contributed by atoms with van der Waals surface area (Å²) in [6, 6.07) is 8.64. The van der Waals surface area contributed by atoms with E-state index in [0.717, 1.165) is 31.6 Å². The second kappa shape index (κ2) is 7.81. The number of nitrogens with one attached hydrogen (secondary N) is 1. The number of benzene rings is 1. The molecule has 1 atom stereocenters. The Kier molecular flexibility index (Phi) is 6.07. The highest BCUT2D eigenvalue weighted by molar-refractivity contribution is 5.29. The zero-order valence-corrected chi connectivity index (χ0v) is 13.4. The number of hydrogen-bond acceptors (Lipinski definition) is 3. The van der Waals surface area contributed by atoms with Crippen LogP contribution in [0.4, 0.5) is 0 Å². The first-order chi connectivity index (χ1) is 10.2. The lowest BCUT2D eigenvalue weighted by Crippen LogP contribution is -2.40. The molecule has 0 aromatic heterocycles. The van der Waals surface area contributed by atoms with Crippen LogP contribution in [0.3, 0.4) is 0 Å². The van der Waals surface area contributed by atoms with Crippen LogP contribution in [-0.2, 0) is 0 Å². The van der Waals surface area contributed by atoms with Crippen molar-refractivity contribution in [2.24, 2.45) is 5.41 Å². The van der Waals surface area contributed by atoms with E-state index in [4.69, 9.17) is 4.74 Å². The second-order valence-electron chi connectivity index (χ2n) is 6.33. The van der Waals surface area contributed by atoms with Gasteiger partial charge in [-0.1, -0.05) is 38.3 Å². The Morgan fingerprint density at radius 1 is 1.19 bits per heavy atom. The van der Waals surface area contributed by atoms with Crippen molar-refractivity contribution in [3.05, 3.63) is 29.8 Å². The average Bonchev–Trinajstić information content (AvgIpc) is 2.57. The van der Waals surface area contributed by atoms with Crippen LogP contribution in [-0.4, -0.2) is 25.4 Å². The van der Waals surface area contributed by atoms with E-state index in [2.05, 4.69) is 24.4 Å². The molecule has 0 aliphatic heterocycles. The largest absolute Gasteiger partial charge is 0.497 e. The van der Waals surface area contributed by atoms with Gasteiger partial charge < -0.3 is 15.2 Å². The van der Waals surface area contributed by atoms with Gasteiger partial charge in [-0.05, 0) is 37.0 Å². The van der Waals surface area contributed by atoms with E-state index in [1.54, 1.807) is 7.11 Å². The van der Waals surface area contributed by atoms with Crippen LogP contribution in [0, 0.1) is 5.41 Å². The van der Waals surface area contributed by atoms with E-state index in [0.29, 0.717) is 12.6 Å². The molecule has 0 radical (unpaired) electrons. The molecule has 1 aliphatic carbocycles. The maximum atomic E-state index is 9.81. The summed E-state index contributed by atoms with van der Waals surface area (Å²) < 4.78 is 5.22. The lowest BCUT2D eigenvalue weighted by Gasteiger charge is -2.37. The molecule has 1 saturated carbocycles. The molecule has 1 unspecified atom stereocenters. The number of ether oxygens (including phenoxy) is 1. The molecule has 0 spiro atoms. The third-order valence-corrected chi connectivity index (χ3v) is 4.90. The summed E-state index contributed by atoms with van der Waals surface area (Å²) in [6.45, 7) is 3.42. The van der Waals surface area contributed by atoms with E-state index < -0.39 is 0 Å². The molecular weight excluding hydrogens is 262 g/mol. The smallest absolute Gasteiger partial charge is 0.118 e. The number of aliphatic hydroxyl groups excluding tert-OH is 1. The van der Waals surface area contributed by atoms with Gasteiger partial charge >= 0.3 is 0 Å². The van der Waals surface area contributed by atoms with Crippen LogP contribution in [0.1, 0.15) is 57.1 Å². The zero-order valence-electron chi connectivity index (χ0n) is 13.4. The van der Waals surface area contributed by atoms with Crippen molar-refractivity contribution in [1.82, 2.24) is 5.32 Å². The first-order valence-electron chi connectivity index (χ1n) is 8.21. The van der Waals surface area contributed by atoms with Crippen LogP contribution >= 0.6 is 0 Å². The standard InChI is InChI=1S/C18H29NO2/c1-3-17(15-7-9-16(21-2)10-8-15)19-13-18(14-20)11-5-4-6-12-18/h7-10,17,19-20H,3-6,11-14H2,1-2H3. The molecule has 1 aliphatic rings. The molecule has 21 heavy (non-hydrogen) atoms. The molecule has 0 amide bonds. The van der Waals surface area contributed by atoms with Crippen LogP contribution in [0.5, 0.6) is 5.75 Å². The number of hydrogen-bond donors (Lipinski definition) is 2. The summed E-state index contributed by atoms with van der Waals surface area (Å²) in [5, 5.41) is 13.5. The summed E-state index contributed by atoms with van der Waals surface area (Å²) in [7, 11) is 1.69. The quantitative estimate of drug-likeness (QED) is 0.805. The minimum absolute atomic E-state index is 0.0954. The van der Waals surface area contributed by atoms with Gasteiger partial charge in [-0.3, -0.25) is 0 Å². The van der Waals surface area contributed by atoms with E-state index in [9.17, 15) is 5.11 Å². The Hall–Kier alpha value is -1.06. The Balaban J connectivity index is 1.97. The predicted molar refractivity (Wildman–Crippen MR) is 86.6 cm³/mol. The summed E-state index contributed by atoms with van der Waals surface area (Å²) in [4.78, 5) is 0. The summed E-state index contributed by atoms with van der Waals surface area (Å²) in [5.41, 5.74) is 1.39. The number of aliphatic hydroxyl groups is 1. The fourth-order valence-corrected chi connectivity index (χ4v) is 3.37. The molecule has 118 valence electrons. The summed E-state index contributed by atoms with van der Waals surface area (Å²) in [6.07, 6.45) is 7.17. The van der Waals surface area contributed by atoms with Gasteiger partial charge in [0.25, 0.3) is 0 Å². The van der Waals surface area contributed by atoms with Crippen LogP contribution in [0.15, 0.2) is 24.3 Å². The van der Waals surface area contributed by atoms with Crippen LogP contribution in [0.2, 0.25) is 0 Å². The maximum Gasteiger partial charge on any atom is 0.118 e. The molecule has 2 N–H and O–H groups in total. The Labute approximate surface area is 128 Å². The molecule has 1 aromatic rings. The van der Waals surface area contributed by atoms with Gasteiger partial charge in [0.05, 0.1) is 7.11 Å². The van der Waals surface area contributed by atoms with Gasteiger partial charge in [0.1, 0.15) is 5.75 Å². The molecule has 0 bridgehead atoms. The Morgan fingerprint density at radius 3 is 2.38 bits per heavy atom. The van der Waals surface area contributed by atoms with E-state index in [1.165, 1.54) is 24.8 Å². The monoisotopic (exact) mass is 291 g/mol. The van der Waals surface area contributed by atoms with Crippen molar-refractivity contribution in [2.75, 3.05) is 20.3 Å². The molecule has 0 saturated heterocycles. The highest BCUT2D eigenvalue weighted by Gasteiger charge is 2.31. The van der Waals surface area contributed by atoms with E-state index in [1.807, 2.05) is 12.1 Å². The number of methoxy groups -OCH3 is 1. The highest BCUT2D eigenvalue weighted by atomic mass is 16.5. The minimum Gasteiger partial charge on any atom is -0.497 e. The van der Waals surface area contributed by atoms with Gasteiger partial charge in [-0.15, -0.1) is 0 Å². The molecule has 1 aromatic carbocycles. The third-order valence-electron chi connectivity index (χ3n) is 4.90. The topological polar surface area (TPSA) is 41.5 Å².